The number of carbonyl (C=O) groups excluding carboxylic acids is 1. The Kier molecular flexibility index (Phi) is 1.85. The minimum atomic E-state index is -0.405. The van der Waals surface area contributed by atoms with Crippen LogP contribution in [0.5, 0.6) is 0 Å². The van der Waals surface area contributed by atoms with Crippen molar-refractivity contribution in [1.82, 2.24) is 4.90 Å². The van der Waals surface area contributed by atoms with Crippen molar-refractivity contribution in [2.24, 2.45) is 0 Å². The fourth-order valence-electron chi connectivity index (χ4n) is 1.05. The standard InChI is InChI=1S/C7H12N2O2/c1-4(2)9-6(8)5(3)11-7(9)10/h4-5,8H,1-3H3. The second kappa shape index (κ2) is 2.53. The van der Waals surface area contributed by atoms with Gasteiger partial charge in [-0.3, -0.25) is 10.3 Å². The molecule has 0 aromatic heterocycles. The Morgan fingerprint density at radius 2 is 2.18 bits per heavy atom. The largest absolute Gasteiger partial charge is 0.438 e. The van der Waals surface area contributed by atoms with Gasteiger partial charge in [0.1, 0.15) is 5.84 Å². The van der Waals surface area contributed by atoms with E-state index in [9.17, 15) is 4.79 Å². The van der Waals surface area contributed by atoms with E-state index in [1.54, 1.807) is 6.92 Å². The highest BCUT2D eigenvalue weighted by Gasteiger charge is 2.35. The molecule has 11 heavy (non-hydrogen) atoms. The van der Waals surface area contributed by atoms with E-state index >= 15 is 0 Å². The van der Waals surface area contributed by atoms with Gasteiger partial charge >= 0.3 is 6.09 Å². The lowest BCUT2D eigenvalue weighted by atomic mass is 10.3. The first kappa shape index (κ1) is 8.04. The minimum Gasteiger partial charge on any atom is -0.438 e. The zero-order valence-corrected chi connectivity index (χ0v) is 6.92. The summed E-state index contributed by atoms with van der Waals surface area (Å²) in [7, 11) is 0. The van der Waals surface area contributed by atoms with Crippen molar-refractivity contribution in [1.29, 1.82) is 5.41 Å². The maximum Gasteiger partial charge on any atom is 0.416 e. The van der Waals surface area contributed by atoms with Gasteiger partial charge in [-0.2, -0.15) is 0 Å². The van der Waals surface area contributed by atoms with Crippen LogP contribution in [0.1, 0.15) is 20.8 Å². The van der Waals surface area contributed by atoms with E-state index in [-0.39, 0.29) is 18.0 Å². The van der Waals surface area contributed by atoms with E-state index < -0.39 is 6.09 Å². The van der Waals surface area contributed by atoms with Crippen molar-refractivity contribution < 1.29 is 9.53 Å². The number of carbonyl (C=O) groups is 1. The van der Waals surface area contributed by atoms with Gasteiger partial charge in [-0.15, -0.1) is 0 Å². The fraction of sp³-hybridized carbons (Fsp3) is 0.714. The van der Waals surface area contributed by atoms with Crippen LogP contribution >= 0.6 is 0 Å². The van der Waals surface area contributed by atoms with Gasteiger partial charge in [0.2, 0.25) is 0 Å². The van der Waals surface area contributed by atoms with E-state index in [4.69, 9.17) is 10.1 Å². The minimum absolute atomic E-state index is 0.0138. The summed E-state index contributed by atoms with van der Waals surface area (Å²) in [6.07, 6.45) is -0.789. The van der Waals surface area contributed by atoms with Crippen LogP contribution in [0.3, 0.4) is 0 Å². The second-order valence-electron chi connectivity index (χ2n) is 2.87. The molecule has 4 heteroatoms. The molecule has 1 aliphatic heterocycles. The molecule has 0 aromatic rings. The summed E-state index contributed by atoms with van der Waals surface area (Å²) in [5.41, 5.74) is 0. The summed E-state index contributed by atoms with van der Waals surface area (Å²) in [4.78, 5) is 12.4. The predicted octanol–water partition coefficient (Wildman–Crippen LogP) is 1.21. The summed E-state index contributed by atoms with van der Waals surface area (Å²) in [5.74, 6) is 0.255. The SMILES string of the molecule is CC1OC(=O)N(C(C)C)C1=N. The monoisotopic (exact) mass is 156 g/mol. The van der Waals surface area contributed by atoms with Gasteiger partial charge in [0.15, 0.2) is 6.10 Å². The van der Waals surface area contributed by atoms with Gasteiger partial charge < -0.3 is 4.74 Å². The van der Waals surface area contributed by atoms with Gasteiger partial charge in [-0.25, -0.2) is 4.79 Å². The van der Waals surface area contributed by atoms with E-state index in [2.05, 4.69) is 0 Å². The molecule has 0 aromatic carbocycles. The number of cyclic esters (lactones) is 1. The van der Waals surface area contributed by atoms with Crippen molar-refractivity contribution in [3.8, 4) is 0 Å². The number of ether oxygens (including phenoxy) is 1. The van der Waals surface area contributed by atoms with Gasteiger partial charge in [-0.1, -0.05) is 0 Å². The lowest BCUT2D eigenvalue weighted by Crippen LogP contribution is -2.36. The average Bonchev–Trinajstić information content (AvgIpc) is 2.07. The molecule has 0 radical (unpaired) electrons. The van der Waals surface area contributed by atoms with Gasteiger partial charge in [-0.05, 0) is 20.8 Å². The van der Waals surface area contributed by atoms with E-state index in [1.807, 2.05) is 13.8 Å². The van der Waals surface area contributed by atoms with Crippen LogP contribution in [0.4, 0.5) is 4.79 Å². The van der Waals surface area contributed by atoms with Gasteiger partial charge in [0, 0.05) is 6.04 Å². The molecule has 1 N–H and O–H groups in total. The van der Waals surface area contributed by atoms with E-state index in [1.165, 1.54) is 4.90 Å². The zero-order valence-electron chi connectivity index (χ0n) is 6.92. The van der Waals surface area contributed by atoms with Crippen molar-refractivity contribution in [3.63, 3.8) is 0 Å². The Balaban J connectivity index is 2.80. The van der Waals surface area contributed by atoms with Gasteiger partial charge in [0.05, 0.1) is 0 Å². The lowest BCUT2D eigenvalue weighted by molar-refractivity contribution is 0.135. The molecule has 0 bridgehead atoms. The maximum atomic E-state index is 11.0. The summed E-state index contributed by atoms with van der Waals surface area (Å²) in [6, 6.07) is 0.0138. The van der Waals surface area contributed by atoms with Crippen LogP contribution in [-0.4, -0.2) is 29.0 Å². The lowest BCUT2D eigenvalue weighted by Gasteiger charge is -2.16. The molecule has 1 saturated heterocycles. The quantitative estimate of drug-likeness (QED) is 0.620. The number of nitrogens with one attached hydrogen (secondary N) is 1. The molecule has 1 rings (SSSR count). The third kappa shape index (κ3) is 1.20. The molecule has 1 atom stereocenters. The zero-order chi connectivity index (χ0) is 8.59. The van der Waals surface area contributed by atoms with Crippen molar-refractivity contribution in [2.75, 3.05) is 0 Å². The normalized spacial score (nSPS) is 24.7. The molecule has 1 amide bonds. The number of hydrogen-bond acceptors (Lipinski definition) is 3. The fourth-order valence-corrected chi connectivity index (χ4v) is 1.05. The van der Waals surface area contributed by atoms with E-state index in [0.717, 1.165) is 0 Å². The summed E-state index contributed by atoms with van der Waals surface area (Å²) < 4.78 is 4.81. The van der Waals surface area contributed by atoms with Crippen molar-refractivity contribution >= 4 is 11.9 Å². The van der Waals surface area contributed by atoms with E-state index in [0.29, 0.717) is 0 Å². The first-order valence-corrected chi connectivity index (χ1v) is 3.62. The Hall–Kier alpha value is -1.06. The summed E-state index contributed by atoms with van der Waals surface area (Å²) in [5, 5.41) is 7.45. The number of hydrogen-bond donors (Lipinski definition) is 1. The first-order chi connectivity index (χ1) is 5.04. The molecule has 0 saturated carbocycles. The molecule has 1 aliphatic rings. The topological polar surface area (TPSA) is 53.4 Å². The van der Waals surface area contributed by atoms with Crippen LogP contribution in [0.2, 0.25) is 0 Å². The number of rotatable bonds is 1. The Bertz CT molecular complexity index is 201. The second-order valence-corrected chi connectivity index (χ2v) is 2.87. The third-order valence-corrected chi connectivity index (χ3v) is 1.64. The van der Waals surface area contributed by atoms with Crippen LogP contribution in [0, 0.1) is 5.41 Å². The average molecular weight is 156 g/mol. The smallest absolute Gasteiger partial charge is 0.416 e. The summed E-state index contributed by atoms with van der Waals surface area (Å²) in [6.45, 7) is 5.41. The number of nitrogens with zero attached hydrogens (tertiary/aromatic N) is 1. The van der Waals surface area contributed by atoms with Crippen molar-refractivity contribution in [2.45, 2.75) is 32.9 Å². The molecule has 1 heterocycles. The molecule has 0 spiro atoms. The molecule has 4 nitrogen and oxygen atoms in total. The van der Waals surface area contributed by atoms with Crippen LogP contribution < -0.4 is 0 Å². The molecular weight excluding hydrogens is 144 g/mol. The number of amides is 1. The molecule has 0 aliphatic carbocycles. The third-order valence-electron chi connectivity index (χ3n) is 1.64. The molecule has 62 valence electrons. The number of amidine groups is 1. The highest BCUT2D eigenvalue weighted by Crippen LogP contribution is 2.15. The highest BCUT2D eigenvalue weighted by molar-refractivity contribution is 6.01. The molecule has 1 unspecified atom stereocenters. The van der Waals surface area contributed by atoms with Crippen molar-refractivity contribution in [3.05, 3.63) is 0 Å². The predicted molar refractivity (Wildman–Crippen MR) is 40.6 cm³/mol. The molecule has 1 fully saturated rings. The van der Waals surface area contributed by atoms with Crippen LogP contribution in [-0.2, 0) is 4.74 Å². The maximum absolute atomic E-state index is 11.0. The Morgan fingerprint density at radius 3 is 2.36 bits per heavy atom. The Labute approximate surface area is 65.6 Å². The van der Waals surface area contributed by atoms with Crippen LogP contribution in [0.15, 0.2) is 0 Å². The Morgan fingerprint density at radius 1 is 1.64 bits per heavy atom. The summed E-state index contributed by atoms with van der Waals surface area (Å²) >= 11 is 0. The first-order valence-electron chi connectivity index (χ1n) is 3.62. The van der Waals surface area contributed by atoms with Crippen LogP contribution in [0.25, 0.3) is 0 Å². The van der Waals surface area contributed by atoms with Gasteiger partial charge in [0.25, 0.3) is 0 Å². The highest BCUT2D eigenvalue weighted by atomic mass is 16.6. The molecular formula is C7H12N2O2.